The van der Waals surface area contributed by atoms with Gasteiger partial charge in [-0.25, -0.2) is 0 Å². The van der Waals surface area contributed by atoms with Crippen LogP contribution in [-0.4, -0.2) is 84.1 Å². The Morgan fingerprint density at radius 2 is 1.33 bits per heavy atom. The Morgan fingerprint density at radius 3 is 2.02 bits per heavy atom. The Balaban J connectivity index is 1.34. The Bertz CT molecular complexity index is 2000. The molecule has 4 aromatic rings. The fraction of sp³-hybridized carbons (Fsp3) is 0.375. The summed E-state index contributed by atoms with van der Waals surface area (Å²) < 4.78 is 46.7. The van der Waals surface area contributed by atoms with Crippen LogP contribution in [0.5, 0.6) is 46.0 Å². The van der Waals surface area contributed by atoms with Crippen molar-refractivity contribution in [2.75, 3.05) is 69.8 Å². The van der Waals surface area contributed by atoms with Crippen LogP contribution >= 0.6 is 20.1 Å². The predicted octanol–water partition coefficient (Wildman–Crippen LogP) is 7.37. The van der Waals surface area contributed by atoms with E-state index in [1.165, 1.54) is 25.8 Å². The molecule has 0 fully saturated rings. The first kappa shape index (κ1) is 35.2. The molecule has 0 radical (unpaired) electrons. The van der Waals surface area contributed by atoms with Gasteiger partial charge in [-0.05, 0) is 0 Å². The predicted molar refractivity (Wildman–Crippen MR) is 205 cm³/mol. The Hall–Kier alpha value is -4.20. The molecule has 3 heterocycles. The second-order valence-corrected chi connectivity index (χ2v) is 18.4. The molecular formula is C40H45IN2O8. The van der Waals surface area contributed by atoms with Gasteiger partial charge in [-0.1, -0.05) is 0 Å². The molecule has 1 atom stereocenters. The molecule has 11 heteroatoms. The van der Waals surface area contributed by atoms with Gasteiger partial charge in [0.25, 0.3) is 0 Å². The van der Waals surface area contributed by atoms with E-state index in [2.05, 4.69) is 52.4 Å². The molecule has 0 saturated heterocycles. The summed E-state index contributed by atoms with van der Waals surface area (Å²) in [6.45, 7) is 1.89. The van der Waals surface area contributed by atoms with E-state index in [4.69, 9.17) is 33.2 Å². The molecular weight excluding hydrogens is 763 g/mol. The summed E-state index contributed by atoms with van der Waals surface area (Å²) in [6.07, 6.45) is 3.27. The molecule has 7 rings (SSSR count). The van der Waals surface area contributed by atoms with Crippen molar-refractivity contribution >= 4 is 26.4 Å². The number of ether oxygens (including phenoxy) is 7. The van der Waals surface area contributed by atoms with Gasteiger partial charge >= 0.3 is 279 Å². The van der Waals surface area contributed by atoms with Crippen molar-refractivity contribution in [3.63, 3.8) is 0 Å². The van der Waals surface area contributed by atoms with Crippen LogP contribution < -0.4 is 33.2 Å². The number of carbonyl (C=O) groups excluding carboxylic acids is 1. The van der Waals surface area contributed by atoms with E-state index in [-0.39, 0.29) is 6.04 Å². The number of methoxy groups -OCH3 is 6. The van der Waals surface area contributed by atoms with Crippen LogP contribution in [0, 0.1) is 3.57 Å². The van der Waals surface area contributed by atoms with Gasteiger partial charge in [-0.2, -0.15) is 0 Å². The molecule has 0 aromatic heterocycles. The molecule has 3 aliphatic rings. The average molecular weight is 809 g/mol. The maximum absolute atomic E-state index is 12.3. The summed E-state index contributed by atoms with van der Waals surface area (Å²) in [5, 5.41) is 0. The molecule has 3 aliphatic heterocycles. The van der Waals surface area contributed by atoms with Gasteiger partial charge in [0.1, 0.15) is 0 Å². The maximum atomic E-state index is 12.3. The van der Waals surface area contributed by atoms with E-state index in [0.29, 0.717) is 40.7 Å². The monoisotopic (exact) mass is 808 g/mol. The van der Waals surface area contributed by atoms with Gasteiger partial charge in [0.05, 0.1) is 14.2 Å². The van der Waals surface area contributed by atoms with Crippen LogP contribution in [0.3, 0.4) is 0 Å². The zero-order valence-electron chi connectivity index (χ0n) is 30.5. The number of likely N-dealkylation sites (N-methyl/N-ethyl adjacent to an activating group) is 2. The first-order chi connectivity index (χ1) is 24.8. The van der Waals surface area contributed by atoms with Crippen LogP contribution in [-0.2, 0) is 23.7 Å². The summed E-state index contributed by atoms with van der Waals surface area (Å²) in [6, 6.07) is 14.2. The fourth-order valence-electron chi connectivity index (χ4n) is 7.59. The van der Waals surface area contributed by atoms with E-state index in [9.17, 15) is 4.79 Å². The van der Waals surface area contributed by atoms with Crippen molar-refractivity contribution in [3.05, 3.63) is 79.4 Å². The number of aldehydes is 1. The van der Waals surface area contributed by atoms with Crippen molar-refractivity contribution in [2.45, 2.75) is 29.7 Å². The fourth-order valence-corrected chi connectivity index (χ4v) is 14.0. The van der Waals surface area contributed by atoms with Gasteiger partial charge in [0.15, 0.2) is 5.75 Å². The molecule has 0 bridgehead atoms. The van der Waals surface area contributed by atoms with E-state index in [1.807, 2.05) is 6.07 Å². The standard InChI is InChI=1S/C40H45IN2O8/c1-42-11-9-23-14-33(46-4)34(47-5)19-28(23)30(42)13-25-16-31(45-3)27(22-44)18-32(25)51-36-17-26-21-41-39-24(10-12-43(41)2)15-37(49-7)40(50-8)38(39)29(26)20-35(36)48-6/h14-20,22,30H,9-13,21H2,1-8H3/t30-/m0/s1. The molecule has 270 valence electrons. The van der Waals surface area contributed by atoms with Crippen molar-refractivity contribution in [1.82, 2.24) is 8.01 Å². The van der Waals surface area contributed by atoms with E-state index < -0.39 is 20.1 Å². The molecule has 0 saturated carbocycles. The molecule has 10 nitrogen and oxygen atoms in total. The summed E-state index contributed by atoms with van der Waals surface area (Å²) in [5.41, 5.74) is 8.42. The van der Waals surface area contributed by atoms with Crippen LogP contribution in [0.2, 0.25) is 0 Å². The van der Waals surface area contributed by atoms with E-state index in [1.54, 1.807) is 48.7 Å². The Morgan fingerprint density at radius 1 is 0.686 bits per heavy atom. The second-order valence-electron chi connectivity index (χ2n) is 12.9. The molecule has 0 unspecified atom stereocenters. The number of hydrogen-bond acceptors (Lipinski definition) is 10. The first-order valence-corrected chi connectivity index (χ1v) is 20.5. The van der Waals surface area contributed by atoms with Crippen molar-refractivity contribution in [1.29, 1.82) is 0 Å². The van der Waals surface area contributed by atoms with Gasteiger partial charge in [0, 0.05) is 0 Å². The topological polar surface area (TPSA) is 88.2 Å². The first-order valence-electron chi connectivity index (χ1n) is 16.9. The minimum atomic E-state index is -1.81. The summed E-state index contributed by atoms with van der Waals surface area (Å²) in [7, 11) is 14.3. The Kier molecular flexibility index (Phi) is 9.97. The molecule has 51 heavy (non-hydrogen) atoms. The number of fused-ring (bicyclic) bond motifs is 3. The number of nitrogens with zero attached hydrogens (tertiary/aromatic N) is 2. The van der Waals surface area contributed by atoms with Gasteiger partial charge in [-0.15, -0.1) is 0 Å². The number of halogens is 1. The van der Waals surface area contributed by atoms with Crippen molar-refractivity contribution in [2.24, 2.45) is 0 Å². The Labute approximate surface area is 307 Å². The SMILES string of the molecule is COc1cc(C[C@H]2c3cc(OC)c(OC)cc3CCN2C)c(Oc2cc3c(cc2OC)-c2c(OC)c(OC)cc4c2I(C3)N(C)CC4)cc1C=O. The van der Waals surface area contributed by atoms with Crippen molar-refractivity contribution < 1.29 is 38.0 Å². The van der Waals surface area contributed by atoms with Crippen LogP contribution in [0.25, 0.3) is 11.1 Å². The number of carbonyl (C=O) groups is 1. The molecule has 4 aromatic carbocycles. The van der Waals surface area contributed by atoms with Crippen molar-refractivity contribution in [3.8, 4) is 57.1 Å². The van der Waals surface area contributed by atoms with Gasteiger partial charge in [-0.3, -0.25) is 0 Å². The van der Waals surface area contributed by atoms with Crippen LogP contribution in [0.15, 0.2) is 42.5 Å². The molecule has 0 N–H and O–H groups in total. The zero-order chi connectivity index (χ0) is 36.0. The number of benzene rings is 4. The van der Waals surface area contributed by atoms with Crippen LogP contribution in [0.1, 0.15) is 44.2 Å². The van der Waals surface area contributed by atoms with Gasteiger partial charge in [0.2, 0.25) is 0 Å². The second kappa shape index (κ2) is 14.4. The minimum absolute atomic E-state index is 0.00914. The quantitative estimate of drug-likeness (QED) is 0.0663. The summed E-state index contributed by atoms with van der Waals surface area (Å²) in [5.74, 6) is 5.15. The van der Waals surface area contributed by atoms with E-state index in [0.717, 1.165) is 70.6 Å². The third-order valence-electron chi connectivity index (χ3n) is 10.3. The van der Waals surface area contributed by atoms with Gasteiger partial charge < -0.3 is 9.47 Å². The summed E-state index contributed by atoms with van der Waals surface area (Å²) in [4.78, 5) is 14.6. The number of rotatable bonds is 11. The normalized spacial score (nSPS) is 17.1. The third-order valence-corrected chi connectivity index (χ3v) is 16.8. The van der Waals surface area contributed by atoms with E-state index >= 15 is 0 Å². The van der Waals surface area contributed by atoms with Crippen LogP contribution in [0.4, 0.5) is 0 Å². The molecule has 0 amide bonds. The number of hydrogen-bond donors (Lipinski definition) is 0. The third kappa shape index (κ3) is 6.12. The molecule has 0 aliphatic carbocycles. The number of alkyl halides is 1. The zero-order valence-corrected chi connectivity index (χ0v) is 32.6. The summed E-state index contributed by atoms with van der Waals surface area (Å²) >= 11 is -1.81. The molecule has 0 spiro atoms. The average Bonchev–Trinajstić information content (AvgIpc) is 3.16.